The lowest BCUT2D eigenvalue weighted by Crippen LogP contribution is -2.32. The third kappa shape index (κ3) is 1.78. The van der Waals surface area contributed by atoms with Gasteiger partial charge in [-0.1, -0.05) is 0 Å². The number of anilines is 1. The van der Waals surface area contributed by atoms with E-state index in [0.717, 1.165) is 24.5 Å². The molecular formula is C13H11N5. The van der Waals surface area contributed by atoms with Crippen LogP contribution in [0.4, 0.5) is 5.82 Å². The molecule has 0 N–H and O–H groups in total. The van der Waals surface area contributed by atoms with Gasteiger partial charge in [0.1, 0.15) is 18.2 Å². The van der Waals surface area contributed by atoms with E-state index in [-0.39, 0.29) is 0 Å². The van der Waals surface area contributed by atoms with Crippen molar-refractivity contribution in [1.29, 1.82) is 5.26 Å². The Morgan fingerprint density at radius 3 is 3.17 bits per heavy atom. The van der Waals surface area contributed by atoms with E-state index in [1.807, 2.05) is 6.20 Å². The first-order valence-corrected chi connectivity index (χ1v) is 5.76. The molecule has 2 aromatic heterocycles. The van der Waals surface area contributed by atoms with Gasteiger partial charge in [0.2, 0.25) is 0 Å². The summed E-state index contributed by atoms with van der Waals surface area (Å²) in [6.45, 7) is 1.52. The number of nitriles is 1. The highest BCUT2D eigenvalue weighted by Gasteiger charge is 2.20. The Balaban J connectivity index is 1.95. The summed E-state index contributed by atoms with van der Waals surface area (Å²) in [4.78, 5) is 14.7. The predicted octanol–water partition coefficient (Wildman–Crippen LogP) is 1.31. The lowest BCUT2D eigenvalue weighted by atomic mass is 10.1. The van der Waals surface area contributed by atoms with E-state index in [1.165, 1.54) is 5.56 Å². The van der Waals surface area contributed by atoms with E-state index in [2.05, 4.69) is 25.9 Å². The van der Waals surface area contributed by atoms with E-state index < -0.39 is 0 Å². The molecular weight excluding hydrogens is 226 g/mol. The molecule has 0 spiro atoms. The monoisotopic (exact) mass is 237 g/mol. The van der Waals surface area contributed by atoms with Crippen LogP contribution >= 0.6 is 0 Å². The van der Waals surface area contributed by atoms with Crippen molar-refractivity contribution in [3.8, 4) is 6.07 Å². The minimum absolute atomic E-state index is 0.606. The topological polar surface area (TPSA) is 65.7 Å². The molecule has 2 aromatic rings. The molecule has 0 unspecified atom stereocenters. The van der Waals surface area contributed by atoms with E-state index in [1.54, 1.807) is 24.7 Å². The molecule has 0 radical (unpaired) electrons. The Hall–Kier alpha value is -2.48. The Morgan fingerprint density at radius 2 is 2.28 bits per heavy atom. The summed E-state index contributed by atoms with van der Waals surface area (Å²) < 4.78 is 0. The molecule has 3 heterocycles. The molecule has 0 saturated carbocycles. The summed E-state index contributed by atoms with van der Waals surface area (Å²) in [5.74, 6) is 0.740. The van der Waals surface area contributed by atoms with Crippen LogP contribution in [0.1, 0.15) is 16.8 Å². The second-order valence-corrected chi connectivity index (χ2v) is 4.15. The molecule has 3 rings (SSSR count). The molecule has 18 heavy (non-hydrogen) atoms. The molecule has 0 amide bonds. The lowest BCUT2D eigenvalue weighted by Gasteiger charge is -2.29. The summed E-state index contributed by atoms with van der Waals surface area (Å²) >= 11 is 0. The first-order valence-electron chi connectivity index (χ1n) is 5.76. The summed E-state index contributed by atoms with van der Waals surface area (Å²) in [5, 5.41) is 9.10. The molecule has 0 bridgehead atoms. The van der Waals surface area contributed by atoms with E-state index in [9.17, 15) is 0 Å². The van der Waals surface area contributed by atoms with Crippen molar-refractivity contribution in [3.05, 3.63) is 47.7 Å². The molecule has 0 fully saturated rings. The van der Waals surface area contributed by atoms with Gasteiger partial charge in [-0.05, 0) is 24.1 Å². The lowest BCUT2D eigenvalue weighted by molar-refractivity contribution is 0.693. The number of rotatable bonds is 1. The molecule has 0 atom stereocenters. The van der Waals surface area contributed by atoms with Crippen molar-refractivity contribution in [1.82, 2.24) is 15.0 Å². The molecule has 1 aliphatic heterocycles. The maximum atomic E-state index is 9.10. The van der Waals surface area contributed by atoms with Gasteiger partial charge >= 0.3 is 0 Å². The Morgan fingerprint density at radius 1 is 1.33 bits per heavy atom. The fraction of sp³-hybridized carbons (Fsp3) is 0.231. The molecule has 88 valence electrons. The normalized spacial score (nSPS) is 13.8. The minimum Gasteiger partial charge on any atom is -0.349 e. The maximum absolute atomic E-state index is 9.10. The zero-order valence-corrected chi connectivity index (χ0v) is 9.74. The van der Waals surface area contributed by atoms with E-state index >= 15 is 0 Å². The first-order chi connectivity index (χ1) is 8.88. The van der Waals surface area contributed by atoms with Gasteiger partial charge in [-0.15, -0.1) is 0 Å². The minimum atomic E-state index is 0.606. The highest BCUT2D eigenvalue weighted by atomic mass is 15.2. The predicted molar refractivity (Wildman–Crippen MR) is 65.7 cm³/mol. The van der Waals surface area contributed by atoms with Crippen LogP contribution in [-0.4, -0.2) is 21.5 Å². The summed E-state index contributed by atoms with van der Waals surface area (Å²) in [6.07, 6.45) is 6.03. The third-order valence-electron chi connectivity index (χ3n) is 3.08. The smallest absolute Gasteiger partial charge is 0.146 e. The molecule has 1 aliphatic rings. The Kier molecular flexibility index (Phi) is 2.61. The summed E-state index contributed by atoms with van der Waals surface area (Å²) in [5.41, 5.74) is 2.81. The third-order valence-corrected chi connectivity index (χ3v) is 3.08. The fourth-order valence-electron chi connectivity index (χ4n) is 2.17. The van der Waals surface area contributed by atoms with Crippen molar-refractivity contribution in [2.45, 2.75) is 13.0 Å². The standard InChI is InChI=1S/C13H11N5/c14-6-10-2-1-4-16-13(10)18-5-3-11-7-15-9-17-12(11)8-18/h1-2,4,7,9H,3,5,8H2. The molecule has 5 nitrogen and oxygen atoms in total. The second kappa shape index (κ2) is 4.41. The van der Waals surface area contributed by atoms with Gasteiger partial charge < -0.3 is 4.90 Å². The van der Waals surface area contributed by atoms with Gasteiger partial charge in [0.25, 0.3) is 0 Å². The molecule has 0 saturated heterocycles. The quantitative estimate of drug-likeness (QED) is 0.748. The van der Waals surface area contributed by atoms with Crippen LogP contribution in [0.3, 0.4) is 0 Å². The van der Waals surface area contributed by atoms with Gasteiger partial charge in [-0.25, -0.2) is 15.0 Å². The molecule has 0 aliphatic carbocycles. The van der Waals surface area contributed by atoms with Gasteiger partial charge in [-0.3, -0.25) is 0 Å². The zero-order valence-electron chi connectivity index (χ0n) is 9.74. The van der Waals surface area contributed by atoms with Crippen molar-refractivity contribution in [2.24, 2.45) is 0 Å². The summed E-state index contributed by atoms with van der Waals surface area (Å²) in [7, 11) is 0. The SMILES string of the molecule is N#Cc1cccnc1N1CCc2cncnc2C1. The Labute approximate surface area is 105 Å². The highest BCUT2D eigenvalue weighted by molar-refractivity contribution is 5.54. The number of hydrogen-bond donors (Lipinski definition) is 0. The fourth-order valence-corrected chi connectivity index (χ4v) is 2.17. The second-order valence-electron chi connectivity index (χ2n) is 4.15. The van der Waals surface area contributed by atoms with Crippen LogP contribution in [0.2, 0.25) is 0 Å². The average Bonchev–Trinajstić information content (AvgIpc) is 2.46. The van der Waals surface area contributed by atoms with Gasteiger partial charge in [0.05, 0.1) is 17.8 Å². The molecule has 0 aromatic carbocycles. The largest absolute Gasteiger partial charge is 0.349 e. The van der Waals surface area contributed by atoms with Crippen LogP contribution in [-0.2, 0) is 13.0 Å². The van der Waals surface area contributed by atoms with Crippen LogP contribution in [0.15, 0.2) is 30.9 Å². The van der Waals surface area contributed by atoms with Crippen LogP contribution < -0.4 is 4.90 Å². The number of aromatic nitrogens is 3. The van der Waals surface area contributed by atoms with Gasteiger partial charge in [0.15, 0.2) is 0 Å². The Bertz CT molecular complexity index is 617. The van der Waals surface area contributed by atoms with Crippen molar-refractivity contribution in [3.63, 3.8) is 0 Å². The summed E-state index contributed by atoms with van der Waals surface area (Å²) in [6, 6.07) is 5.75. The van der Waals surface area contributed by atoms with Gasteiger partial charge in [0, 0.05) is 18.9 Å². The number of fused-ring (bicyclic) bond motifs is 1. The highest BCUT2D eigenvalue weighted by Crippen LogP contribution is 2.23. The number of pyridine rings is 1. The first kappa shape index (κ1) is 10.7. The van der Waals surface area contributed by atoms with Gasteiger partial charge in [-0.2, -0.15) is 5.26 Å². The van der Waals surface area contributed by atoms with Crippen LogP contribution in [0, 0.1) is 11.3 Å². The number of nitrogens with zero attached hydrogens (tertiary/aromatic N) is 5. The van der Waals surface area contributed by atoms with Crippen LogP contribution in [0.5, 0.6) is 0 Å². The number of hydrogen-bond acceptors (Lipinski definition) is 5. The van der Waals surface area contributed by atoms with Crippen molar-refractivity contribution < 1.29 is 0 Å². The van der Waals surface area contributed by atoms with Crippen molar-refractivity contribution in [2.75, 3.05) is 11.4 Å². The van der Waals surface area contributed by atoms with Crippen LogP contribution in [0.25, 0.3) is 0 Å². The van der Waals surface area contributed by atoms with E-state index in [0.29, 0.717) is 12.1 Å². The van der Waals surface area contributed by atoms with E-state index in [4.69, 9.17) is 5.26 Å². The maximum Gasteiger partial charge on any atom is 0.146 e. The zero-order chi connectivity index (χ0) is 12.4. The average molecular weight is 237 g/mol. The molecule has 5 heteroatoms. The van der Waals surface area contributed by atoms with Crippen molar-refractivity contribution >= 4 is 5.82 Å².